The molecule has 1 aromatic carbocycles. The highest BCUT2D eigenvalue weighted by Crippen LogP contribution is 2.12. The number of piperidine rings is 1. The average Bonchev–Trinajstić information content (AvgIpc) is 2.48. The molecule has 0 aliphatic carbocycles. The third kappa shape index (κ3) is 5.14. The summed E-state index contributed by atoms with van der Waals surface area (Å²) in [6.07, 6.45) is 2.05. The summed E-state index contributed by atoms with van der Waals surface area (Å²) in [5.74, 6) is 1.56. The third-order valence-corrected chi connectivity index (χ3v) is 4.21. The molecule has 21 heavy (non-hydrogen) atoms. The Kier molecular flexibility index (Phi) is 5.76. The maximum atomic E-state index is 11.2. The van der Waals surface area contributed by atoms with E-state index in [-0.39, 0.29) is 5.78 Å². The Bertz CT molecular complexity index is 450. The van der Waals surface area contributed by atoms with Gasteiger partial charge in [-0.15, -0.1) is 0 Å². The summed E-state index contributed by atoms with van der Waals surface area (Å²) in [4.78, 5) is 12.7. The number of ketones is 1. The number of aliphatic hydroxyl groups excluding tert-OH is 1. The van der Waals surface area contributed by atoms with E-state index >= 15 is 0 Å². The summed E-state index contributed by atoms with van der Waals surface area (Å²) >= 11 is 0. The van der Waals surface area contributed by atoms with Gasteiger partial charge >= 0.3 is 0 Å². The predicted octanol–water partition coefficient (Wildman–Crippen LogP) is 0.944. The van der Waals surface area contributed by atoms with Gasteiger partial charge < -0.3 is 14.7 Å². The van der Waals surface area contributed by atoms with E-state index in [2.05, 4.69) is 6.92 Å². The van der Waals surface area contributed by atoms with Gasteiger partial charge in [0.25, 0.3) is 0 Å². The minimum atomic E-state index is -0.444. The lowest BCUT2D eigenvalue weighted by Crippen LogP contribution is -3.14. The molecule has 0 spiro atoms. The average molecular weight is 292 g/mol. The van der Waals surface area contributed by atoms with E-state index in [1.54, 1.807) is 31.2 Å². The molecule has 0 amide bonds. The number of ether oxygens (including phenoxy) is 1. The number of nitrogens with one attached hydrogen (secondary N) is 1. The third-order valence-electron chi connectivity index (χ3n) is 4.21. The van der Waals surface area contributed by atoms with Gasteiger partial charge in [-0.05, 0) is 49.9 Å². The molecule has 0 saturated carbocycles. The summed E-state index contributed by atoms with van der Waals surface area (Å²) in [6, 6.07) is 7.06. The van der Waals surface area contributed by atoms with Gasteiger partial charge in [-0.2, -0.15) is 0 Å². The number of carbonyl (C=O) groups is 1. The Morgan fingerprint density at radius 1 is 1.33 bits per heavy atom. The fraction of sp³-hybridized carbons (Fsp3) is 0.588. The SMILES string of the molecule is CC(=O)c1ccc(OC[C@@H](O)C[NH+]2CCC(C)CC2)cc1. The lowest BCUT2D eigenvalue weighted by molar-refractivity contribution is -0.909. The van der Waals surface area contributed by atoms with Gasteiger partial charge in [0.2, 0.25) is 0 Å². The highest BCUT2D eigenvalue weighted by molar-refractivity contribution is 5.94. The van der Waals surface area contributed by atoms with Crippen LogP contribution in [-0.4, -0.2) is 43.2 Å². The molecular formula is C17H26NO3+. The summed E-state index contributed by atoms with van der Waals surface area (Å²) in [7, 11) is 0. The number of benzene rings is 1. The molecule has 1 fully saturated rings. The number of carbonyl (C=O) groups excluding carboxylic acids is 1. The molecule has 1 atom stereocenters. The Balaban J connectivity index is 1.73. The van der Waals surface area contributed by atoms with Crippen molar-refractivity contribution in [1.82, 2.24) is 0 Å². The van der Waals surface area contributed by atoms with Crippen molar-refractivity contribution < 1.29 is 19.5 Å². The van der Waals surface area contributed by atoms with Gasteiger partial charge in [-0.25, -0.2) is 0 Å². The lowest BCUT2D eigenvalue weighted by atomic mass is 9.99. The van der Waals surface area contributed by atoms with E-state index in [9.17, 15) is 9.90 Å². The zero-order valence-corrected chi connectivity index (χ0v) is 13.0. The van der Waals surface area contributed by atoms with E-state index in [4.69, 9.17) is 4.74 Å². The first-order valence-electron chi connectivity index (χ1n) is 7.80. The van der Waals surface area contributed by atoms with Gasteiger partial charge in [0.1, 0.15) is 25.0 Å². The van der Waals surface area contributed by atoms with Crippen LogP contribution in [0.4, 0.5) is 0 Å². The highest BCUT2D eigenvalue weighted by Gasteiger charge is 2.21. The van der Waals surface area contributed by atoms with E-state index in [1.807, 2.05) is 0 Å². The molecule has 1 heterocycles. The number of aliphatic hydroxyl groups is 1. The fourth-order valence-electron chi connectivity index (χ4n) is 2.74. The second-order valence-corrected chi connectivity index (χ2v) is 6.18. The normalized spacial score (nSPS) is 23.6. The van der Waals surface area contributed by atoms with Crippen molar-refractivity contribution in [2.24, 2.45) is 5.92 Å². The van der Waals surface area contributed by atoms with Crippen LogP contribution < -0.4 is 9.64 Å². The molecule has 116 valence electrons. The predicted molar refractivity (Wildman–Crippen MR) is 81.9 cm³/mol. The molecule has 4 nitrogen and oxygen atoms in total. The molecular weight excluding hydrogens is 266 g/mol. The first-order chi connectivity index (χ1) is 10.0. The van der Waals surface area contributed by atoms with Crippen LogP contribution in [0.15, 0.2) is 24.3 Å². The maximum absolute atomic E-state index is 11.2. The van der Waals surface area contributed by atoms with Crippen molar-refractivity contribution in [3.63, 3.8) is 0 Å². The molecule has 4 heteroatoms. The van der Waals surface area contributed by atoms with Crippen LogP contribution in [0.25, 0.3) is 0 Å². The van der Waals surface area contributed by atoms with E-state index in [0.29, 0.717) is 17.9 Å². The quantitative estimate of drug-likeness (QED) is 0.767. The van der Waals surface area contributed by atoms with Crippen LogP contribution >= 0.6 is 0 Å². The van der Waals surface area contributed by atoms with Gasteiger partial charge in [-0.3, -0.25) is 4.79 Å². The Labute approximate surface area is 126 Å². The molecule has 1 aliphatic rings. The topological polar surface area (TPSA) is 51.0 Å². The molecule has 2 rings (SSSR count). The Morgan fingerprint density at radius 3 is 2.52 bits per heavy atom. The minimum Gasteiger partial charge on any atom is -0.491 e. The van der Waals surface area contributed by atoms with Crippen LogP contribution in [0.2, 0.25) is 0 Å². The minimum absolute atomic E-state index is 0.0458. The van der Waals surface area contributed by atoms with Gasteiger partial charge in [0.05, 0.1) is 13.1 Å². The van der Waals surface area contributed by atoms with Crippen molar-refractivity contribution in [2.75, 3.05) is 26.2 Å². The van der Waals surface area contributed by atoms with Gasteiger partial charge in [-0.1, -0.05) is 6.92 Å². The summed E-state index contributed by atoms with van der Waals surface area (Å²) in [5.41, 5.74) is 0.676. The number of rotatable bonds is 6. The molecule has 0 unspecified atom stereocenters. The van der Waals surface area contributed by atoms with E-state index in [0.717, 1.165) is 25.6 Å². The summed E-state index contributed by atoms with van der Waals surface area (Å²) < 4.78 is 5.59. The van der Waals surface area contributed by atoms with Gasteiger partial charge in [0, 0.05) is 5.56 Å². The monoisotopic (exact) mass is 292 g/mol. The zero-order valence-electron chi connectivity index (χ0n) is 13.0. The lowest BCUT2D eigenvalue weighted by Gasteiger charge is -2.28. The molecule has 0 radical (unpaired) electrons. The van der Waals surface area contributed by atoms with E-state index in [1.165, 1.54) is 17.7 Å². The number of Topliss-reactive ketones (excluding diaryl/α,β-unsaturated/α-hetero) is 1. The second kappa shape index (κ2) is 7.57. The Morgan fingerprint density at radius 2 is 1.95 bits per heavy atom. The van der Waals surface area contributed by atoms with Crippen molar-refractivity contribution in [1.29, 1.82) is 0 Å². The molecule has 2 N–H and O–H groups in total. The van der Waals surface area contributed by atoms with Crippen LogP contribution in [-0.2, 0) is 0 Å². The molecule has 0 aromatic heterocycles. The smallest absolute Gasteiger partial charge is 0.159 e. The van der Waals surface area contributed by atoms with Crippen LogP contribution in [0.3, 0.4) is 0 Å². The van der Waals surface area contributed by atoms with Crippen LogP contribution in [0, 0.1) is 5.92 Å². The molecule has 0 bridgehead atoms. The molecule has 1 aliphatic heterocycles. The second-order valence-electron chi connectivity index (χ2n) is 6.18. The maximum Gasteiger partial charge on any atom is 0.159 e. The number of quaternary nitrogens is 1. The van der Waals surface area contributed by atoms with Crippen LogP contribution in [0.5, 0.6) is 5.75 Å². The van der Waals surface area contributed by atoms with Crippen molar-refractivity contribution in [3.05, 3.63) is 29.8 Å². The van der Waals surface area contributed by atoms with E-state index < -0.39 is 6.10 Å². The molecule has 1 saturated heterocycles. The Hall–Kier alpha value is -1.39. The zero-order chi connectivity index (χ0) is 15.2. The van der Waals surface area contributed by atoms with Crippen molar-refractivity contribution in [3.8, 4) is 5.75 Å². The van der Waals surface area contributed by atoms with Crippen LogP contribution in [0.1, 0.15) is 37.0 Å². The van der Waals surface area contributed by atoms with Crippen molar-refractivity contribution >= 4 is 5.78 Å². The van der Waals surface area contributed by atoms with Gasteiger partial charge in [0.15, 0.2) is 5.78 Å². The standard InChI is InChI=1S/C17H25NO3/c1-13-7-9-18(10-8-13)11-16(20)12-21-17-5-3-15(4-6-17)14(2)19/h3-6,13,16,20H,7-12H2,1-2H3/p+1/t16-/m0/s1. The number of hydrogen-bond donors (Lipinski definition) is 2. The fourth-order valence-corrected chi connectivity index (χ4v) is 2.74. The summed E-state index contributed by atoms with van der Waals surface area (Å²) in [5, 5.41) is 10.1. The molecule has 1 aromatic rings. The largest absolute Gasteiger partial charge is 0.491 e. The number of likely N-dealkylation sites (tertiary alicyclic amines) is 1. The first kappa shape index (κ1) is 16.0. The van der Waals surface area contributed by atoms with Crippen molar-refractivity contribution in [2.45, 2.75) is 32.8 Å². The number of hydrogen-bond acceptors (Lipinski definition) is 3. The summed E-state index contributed by atoms with van der Waals surface area (Å²) in [6.45, 7) is 7.18. The first-order valence-corrected chi connectivity index (χ1v) is 7.80. The highest BCUT2D eigenvalue weighted by atomic mass is 16.5.